The number of Topliss-reactive ketones (excluding diaryl/α,β-unsaturated/α-hetero) is 1. The summed E-state index contributed by atoms with van der Waals surface area (Å²) in [7, 11) is -3.63. The molecule has 0 saturated carbocycles. The van der Waals surface area contributed by atoms with Crippen molar-refractivity contribution in [3.05, 3.63) is 29.1 Å². The zero-order valence-corrected chi connectivity index (χ0v) is 13.3. The van der Waals surface area contributed by atoms with E-state index in [0.29, 0.717) is 37.1 Å². The van der Waals surface area contributed by atoms with E-state index < -0.39 is 15.8 Å². The molecule has 1 heterocycles. The number of benzene rings is 1. The van der Waals surface area contributed by atoms with E-state index >= 15 is 0 Å². The molecular formula is C15H20FNO3S. The van der Waals surface area contributed by atoms with E-state index in [4.69, 9.17) is 0 Å². The fraction of sp³-hybridized carbons (Fsp3) is 0.533. The average molecular weight is 313 g/mol. The summed E-state index contributed by atoms with van der Waals surface area (Å²) in [6, 6.07) is 2.48. The van der Waals surface area contributed by atoms with Crippen molar-refractivity contribution in [2.75, 3.05) is 13.1 Å². The van der Waals surface area contributed by atoms with E-state index in [-0.39, 0.29) is 16.6 Å². The van der Waals surface area contributed by atoms with Crippen LogP contribution in [0.4, 0.5) is 4.39 Å². The first-order chi connectivity index (χ1) is 9.73. The molecule has 0 spiro atoms. The molecule has 0 atom stereocenters. The maximum absolute atomic E-state index is 13.3. The molecule has 1 aliphatic heterocycles. The highest BCUT2D eigenvalue weighted by molar-refractivity contribution is 7.89. The standard InChI is InChI=1S/C15H20FNO3S/c1-10-8-14(16)9-11(2)15(10)21(19,20)17-6-4-13(5-7-17)12(3)18/h8-9,13H,4-7H2,1-3H3. The zero-order chi connectivity index (χ0) is 15.8. The van der Waals surface area contributed by atoms with Crippen LogP contribution in [0.2, 0.25) is 0 Å². The second kappa shape index (κ2) is 5.85. The van der Waals surface area contributed by atoms with Gasteiger partial charge in [-0.2, -0.15) is 4.31 Å². The summed E-state index contributed by atoms with van der Waals surface area (Å²) in [6.07, 6.45) is 1.10. The molecule has 1 fully saturated rings. The monoisotopic (exact) mass is 313 g/mol. The van der Waals surface area contributed by atoms with Crippen LogP contribution in [0.1, 0.15) is 30.9 Å². The molecule has 2 rings (SSSR count). The van der Waals surface area contributed by atoms with Crippen molar-refractivity contribution in [2.45, 2.75) is 38.5 Å². The molecule has 0 unspecified atom stereocenters. The zero-order valence-electron chi connectivity index (χ0n) is 12.5. The van der Waals surface area contributed by atoms with E-state index in [2.05, 4.69) is 0 Å². The maximum Gasteiger partial charge on any atom is 0.243 e. The summed E-state index contributed by atoms with van der Waals surface area (Å²) < 4.78 is 40.2. The lowest BCUT2D eigenvalue weighted by molar-refractivity contribution is -0.121. The average Bonchev–Trinajstić information content (AvgIpc) is 2.37. The minimum absolute atomic E-state index is 0.0492. The molecule has 0 aliphatic carbocycles. The summed E-state index contributed by atoms with van der Waals surface area (Å²) >= 11 is 0. The Kier molecular flexibility index (Phi) is 4.49. The molecule has 0 aromatic heterocycles. The lowest BCUT2D eigenvalue weighted by Crippen LogP contribution is -2.40. The van der Waals surface area contributed by atoms with Crippen LogP contribution in [0.5, 0.6) is 0 Å². The van der Waals surface area contributed by atoms with Crippen molar-refractivity contribution in [1.82, 2.24) is 4.31 Å². The third kappa shape index (κ3) is 3.16. The van der Waals surface area contributed by atoms with Crippen molar-refractivity contribution in [2.24, 2.45) is 5.92 Å². The smallest absolute Gasteiger partial charge is 0.243 e. The minimum Gasteiger partial charge on any atom is -0.300 e. The molecule has 0 amide bonds. The number of carbonyl (C=O) groups is 1. The van der Waals surface area contributed by atoms with Crippen molar-refractivity contribution < 1.29 is 17.6 Å². The van der Waals surface area contributed by atoms with E-state index in [1.165, 1.54) is 16.4 Å². The molecule has 6 heteroatoms. The van der Waals surface area contributed by atoms with Gasteiger partial charge in [0.25, 0.3) is 0 Å². The highest BCUT2D eigenvalue weighted by Crippen LogP contribution is 2.28. The Morgan fingerprint density at radius 3 is 2.10 bits per heavy atom. The van der Waals surface area contributed by atoms with Crippen molar-refractivity contribution in [3.63, 3.8) is 0 Å². The third-order valence-corrected chi connectivity index (χ3v) is 6.26. The molecule has 0 radical (unpaired) electrons. The van der Waals surface area contributed by atoms with Gasteiger partial charge in [-0.05, 0) is 56.9 Å². The number of piperidine rings is 1. The minimum atomic E-state index is -3.63. The number of hydrogen-bond donors (Lipinski definition) is 0. The maximum atomic E-state index is 13.3. The van der Waals surface area contributed by atoms with Gasteiger partial charge in [-0.3, -0.25) is 4.79 Å². The van der Waals surface area contributed by atoms with E-state index in [9.17, 15) is 17.6 Å². The van der Waals surface area contributed by atoms with Crippen molar-refractivity contribution >= 4 is 15.8 Å². The van der Waals surface area contributed by atoms with Crippen LogP contribution >= 0.6 is 0 Å². The van der Waals surface area contributed by atoms with Gasteiger partial charge in [0, 0.05) is 19.0 Å². The molecule has 0 N–H and O–H groups in total. The van der Waals surface area contributed by atoms with E-state index in [1.54, 1.807) is 20.8 Å². The topological polar surface area (TPSA) is 54.5 Å². The van der Waals surface area contributed by atoms with Crippen molar-refractivity contribution in [1.29, 1.82) is 0 Å². The molecule has 1 aliphatic rings. The summed E-state index contributed by atoms with van der Waals surface area (Å²) in [6.45, 7) is 5.42. The normalized spacial score (nSPS) is 17.9. The van der Waals surface area contributed by atoms with E-state index in [1.807, 2.05) is 0 Å². The van der Waals surface area contributed by atoms with Gasteiger partial charge in [-0.15, -0.1) is 0 Å². The van der Waals surface area contributed by atoms with Crippen LogP contribution in [-0.4, -0.2) is 31.6 Å². The number of ketones is 1. The summed E-state index contributed by atoms with van der Waals surface area (Å²) in [5.74, 6) is -0.368. The van der Waals surface area contributed by atoms with Crippen LogP contribution in [0.3, 0.4) is 0 Å². The highest BCUT2D eigenvalue weighted by atomic mass is 32.2. The van der Waals surface area contributed by atoms with Gasteiger partial charge in [0.2, 0.25) is 10.0 Å². The summed E-state index contributed by atoms with van der Waals surface area (Å²) in [4.78, 5) is 11.5. The number of halogens is 1. The number of carbonyl (C=O) groups excluding carboxylic acids is 1. The quantitative estimate of drug-likeness (QED) is 0.861. The van der Waals surface area contributed by atoms with Gasteiger partial charge in [-0.25, -0.2) is 12.8 Å². The highest BCUT2D eigenvalue weighted by Gasteiger charge is 2.32. The Hall–Kier alpha value is -1.27. The van der Waals surface area contributed by atoms with Crippen LogP contribution in [0, 0.1) is 25.6 Å². The van der Waals surface area contributed by atoms with Gasteiger partial charge in [0.05, 0.1) is 4.90 Å². The molecule has 1 aromatic carbocycles. The predicted octanol–water partition coefficient (Wildman–Crippen LogP) is 2.43. The Morgan fingerprint density at radius 2 is 1.67 bits per heavy atom. The number of nitrogens with zero attached hydrogens (tertiary/aromatic N) is 1. The molecule has 4 nitrogen and oxygen atoms in total. The van der Waals surface area contributed by atoms with Gasteiger partial charge in [-0.1, -0.05) is 0 Å². The Bertz CT molecular complexity index is 638. The fourth-order valence-electron chi connectivity index (χ4n) is 2.94. The summed E-state index contributed by atoms with van der Waals surface area (Å²) in [5.41, 5.74) is 0.836. The predicted molar refractivity (Wildman–Crippen MR) is 78.0 cm³/mol. The summed E-state index contributed by atoms with van der Waals surface area (Å²) in [5, 5.41) is 0. The Labute approximate surface area is 125 Å². The number of hydrogen-bond acceptors (Lipinski definition) is 3. The van der Waals surface area contributed by atoms with E-state index in [0.717, 1.165) is 0 Å². The van der Waals surface area contributed by atoms with Crippen molar-refractivity contribution in [3.8, 4) is 0 Å². The SMILES string of the molecule is CC(=O)C1CCN(S(=O)(=O)c2c(C)cc(F)cc2C)CC1. The lowest BCUT2D eigenvalue weighted by Gasteiger charge is -2.30. The lowest BCUT2D eigenvalue weighted by atomic mass is 9.95. The molecule has 0 bridgehead atoms. The molecule has 21 heavy (non-hydrogen) atoms. The van der Waals surface area contributed by atoms with Gasteiger partial charge in [0.1, 0.15) is 11.6 Å². The number of aryl methyl sites for hydroxylation is 2. The third-order valence-electron chi connectivity index (χ3n) is 4.05. The fourth-order valence-corrected chi connectivity index (χ4v) is 4.82. The molecule has 1 aromatic rings. The molecular weight excluding hydrogens is 293 g/mol. The van der Waals surface area contributed by atoms with Crippen LogP contribution < -0.4 is 0 Å². The van der Waals surface area contributed by atoms with Gasteiger partial charge >= 0.3 is 0 Å². The van der Waals surface area contributed by atoms with Crippen LogP contribution in [-0.2, 0) is 14.8 Å². The van der Waals surface area contributed by atoms with Crippen LogP contribution in [0.15, 0.2) is 17.0 Å². The molecule has 116 valence electrons. The second-order valence-corrected chi connectivity index (χ2v) is 7.53. The number of rotatable bonds is 3. The largest absolute Gasteiger partial charge is 0.300 e. The first-order valence-electron chi connectivity index (χ1n) is 7.01. The first-order valence-corrected chi connectivity index (χ1v) is 8.45. The van der Waals surface area contributed by atoms with Gasteiger partial charge < -0.3 is 0 Å². The Morgan fingerprint density at radius 1 is 1.19 bits per heavy atom. The molecule has 1 saturated heterocycles. The first kappa shape index (κ1) is 16.1. The van der Waals surface area contributed by atoms with Crippen LogP contribution in [0.25, 0.3) is 0 Å². The number of sulfonamides is 1. The second-order valence-electron chi connectivity index (χ2n) is 5.66. The Balaban J connectivity index is 2.30. The van der Waals surface area contributed by atoms with Gasteiger partial charge in [0.15, 0.2) is 0 Å².